The molecule has 6 nitrogen and oxygen atoms in total. The number of halogens is 1. The molecule has 0 aliphatic heterocycles. The van der Waals surface area contributed by atoms with E-state index in [0.29, 0.717) is 49.1 Å². The Bertz CT molecular complexity index is 1010. The van der Waals surface area contributed by atoms with Crippen LogP contribution in [0.25, 0.3) is 0 Å². The van der Waals surface area contributed by atoms with E-state index >= 15 is 0 Å². The summed E-state index contributed by atoms with van der Waals surface area (Å²) >= 11 is -3.09. The molecule has 0 amide bonds. The minimum absolute atomic E-state index is 0.0140. The van der Waals surface area contributed by atoms with Crippen molar-refractivity contribution in [2.24, 2.45) is 46.3 Å². The summed E-state index contributed by atoms with van der Waals surface area (Å²) in [6.07, 6.45) is 7.55. The molecular weight excluding hydrogens is 559 g/mol. The topological polar surface area (TPSA) is 86.7 Å². The maximum atomic E-state index is 13.7. The van der Waals surface area contributed by atoms with Crippen LogP contribution in [0, 0.1) is 49.9 Å². The van der Waals surface area contributed by atoms with Crippen LogP contribution in [0.2, 0.25) is 0 Å². The molecule has 0 aromatic heterocycles. The van der Waals surface area contributed by atoms with Gasteiger partial charge in [0.15, 0.2) is 0 Å². The zero-order valence-electron chi connectivity index (χ0n) is 19.7. The first kappa shape index (κ1) is 22.4. The average Bonchev–Trinajstić information content (AvgIpc) is 2.84. The monoisotopic (exact) mass is 590 g/mol. The fourth-order valence-electron chi connectivity index (χ4n) is 8.91. The molecule has 1 aromatic rings. The van der Waals surface area contributed by atoms with Gasteiger partial charge in [-0.25, -0.2) is 0 Å². The number of carbonyl (C=O) groups excluding carboxylic acids is 4. The molecule has 0 heterocycles. The number of hydrogen-bond donors (Lipinski definition) is 0. The second-order valence-electron chi connectivity index (χ2n) is 12.3. The minimum atomic E-state index is -3.09. The van der Waals surface area contributed by atoms with Crippen LogP contribution in [0.4, 0.5) is 0 Å². The van der Waals surface area contributed by atoms with Gasteiger partial charge in [-0.2, -0.15) is 0 Å². The first-order chi connectivity index (χ1) is 16.8. The Hall–Kier alpha value is -1.77. The summed E-state index contributed by atoms with van der Waals surface area (Å²) in [5.41, 5.74) is -1.21. The van der Waals surface area contributed by atoms with Gasteiger partial charge < -0.3 is 0 Å². The van der Waals surface area contributed by atoms with Crippen molar-refractivity contribution in [1.82, 2.24) is 0 Å². The van der Waals surface area contributed by atoms with Crippen LogP contribution in [-0.4, -0.2) is 23.5 Å². The Morgan fingerprint density at radius 3 is 1.46 bits per heavy atom. The number of hydrogen-bond acceptors (Lipinski definition) is 6. The zero-order chi connectivity index (χ0) is 23.9. The van der Waals surface area contributed by atoms with Gasteiger partial charge in [-0.15, -0.1) is 0 Å². The van der Waals surface area contributed by atoms with Crippen LogP contribution in [0.15, 0.2) is 30.3 Å². The number of ketones is 2. The number of rotatable bonds is 5. The van der Waals surface area contributed by atoms with Gasteiger partial charge in [-0.05, 0) is 0 Å². The molecule has 8 aliphatic carbocycles. The van der Waals surface area contributed by atoms with Crippen LogP contribution >= 0.6 is 20.6 Å². The van der Waals surface area contributed by atoms with Gasteiger partial charge in [0.1, 0.15) is 0 Å². The summed E-state index contributed by atoms with van der Waals surface area (Å²) in [4.78, 5) is 52.7. The Kier molecular flexibility index (Phi) is 5.04. The van der Waals surface area contributed by atoms with E-state index in [1.165, 1.54) is 0 Å². The van der Waals surface area contributed by atoms with Gasteiger partial charge in [0.05, 0.1) is 0 Å². The Morgan fingerprint density at radius 2 is 1.06 bits per heavy atom. The van der Waals surface area contributed by atoms with Gasteiger partial charge in [-0.3, -0.25) is 0 Å². The van der Waals surface area contributed by atoms with E-state index in [2.05, 4.69) is 0 Å². The standard InChI is InChI=1S/C28H31IO6/c30-23-18-6-16-7-19(23)13-27(10-16,12-18)25(32)34-29(22-4-2-1-3-5-22)35-26(33)28-11-17-8-20(14-28)24(31)21(9-17)15-28/h1-5,16-21H,6-15H2. The third-order valence-electron chi connectivity index (χ3n) is 10.0. The predicted molar refractivity (Wildman–Crippen MR) is 133 cm³/mol. The van der Waals surface area contributed by atoms with Crippen LogP contribution in [-0.2, 0) is 25.3 Å². The normalized spacial score (nSPS) is 42.8. The van der Waals surface area contributed by atoms with Crippen molar-refractivity contribution in [1.29, 1.82) is 0 Å². The van der Waals surface area contributed by atoms with Gasteiger partial charge in [0, 0.05) is 0 Å². The van der Waals surface area contributed by atoms with Gasteiger partial charge in [0.25, 0.3) is 0 Å². The molecular formula is C28H31IO6. The quantitative estimate of drug-likeness (QED) is 0.446. The molecule has 8 bridgehead atoms. The van der Waals surface area contributed by atoms with Crippen LogP contribution in [0.3, 0.4) is 0 Å². The molecule has 0 radical (unpaired) electrons. The van der Waals surface area contributed by atoms with Crippen molar-refractivity contribution in [3.8, 4) is 0 Å². The van der Waals surface area contributed by atoms with E-state index < -0.39 is 31.5 Å². The Balaban J connectivity index is 1.14. The van der Waals surface area contributed by atoms with Crippen molar-refractivity contribution >= 4 is 44.2 Å². The summed E-state index contributed by atoms with van der Waals surface area (Å²) in [5, 5.41) is 0. The fraction of sp³-hybridized carbons (Fsp3) is 0.643. The van der Waals surface area contributed by atoms with Gasteiger partial charge in [-0.1, -0.05) is 0 Å². The third-order valence-corrected chi connectivity index (χ3v) is 13.4. The van der Waals surface area contributed by atoms with Crippen molar-refractivity contribution in [2.45, 2.75) is 64.2 Å². The third kappa shape index (κ3) is 3.46. The van der Waals surface area contributed by atoms with Crippen molar-refractivity contribution in [3.05, 3.63) is 33.9 Å². The van der Waals surface area contributed by atoms with E-state index in [9.17, 15) is 19.2 Å². The fourth-order valence-corrected chi connectivity index (χ4v) is 12.2. The van der Waals surface area contributed by atoms with Crippen LogP contribution < -0.4 is 0 Å². The molecule has 8 fully saturated rings. The molecule has 8 saturated carbocycles. The van der Waals surface area contributed by atoms with Crippen molar-refractivity contribution in [3.63, 3.8) is 0 Å². The predicted octanol–water partition coefficient (Wildman–Crippen LogP) is 5.07. The number of carbonyl (C=O) groups is 4. The second kappa shape index (κ2) is 7.86. The van der Waals surface area contributed by atoms with E-state index in [1.54, 1.807) is 0 Å². The van der Waals surface area contributed by atoms with E-state index in [-0.39, 0.29) is 35.6 Å². The number of Topliss-reactive ketones (excluding diaryl/α,β-unsaturated/α-hetero) is 2. The first-order valence-electron chi connectivity index (χ1n) is 13.1. The molecule has 0 N–H and O–H groups in total. The first-order valence-corrected chi connectivity index (χ1v) is 16.0. The summed E-state index contributed by atoms with van der Waals surface area (Å²) in [6.45, 7) is 0. The molecule has 0 saturated heterocycles. The summed E-state index contributed by atoms with van der Waals surface area (Å²) in [6, 6.07) is 9.44. The van der Waals surface area contributed by atoms with E-state index in [4.69, 9.17) is 6.13 Å². The van der Waals surface area contributed by atoms with Crippen molar-refractivity contribution in [2.75, 3.05) is 0 Å². The summed E-state index contributed by atoms with van der Waals surface area (Å²) in [5.74, 6) is 0.947. The Labute approximate surface area is 213 Å². The molecule has 1 aromatic carbocycles. The second-order valence-corrected chi connectivity index (χ2v) is 15.7. The molecule has 7 heteroatoms. The van der Waals surface area contributed by atoms with Gasteiger partial charge in [0.2, 0.25) is 0 Å². The molecule has 4 atom stereocenters. The molecule has 35 heavy (non-hydrogen) atoms. The molecule has 8 aliphatic rings. The van der Waals surface area contributed by atoms with Crippen LogP contribution in [0.1, 0.15) is 64.2 Å². The molecule has 0 spiro atoms. The van der Waals surface area contributed by atoms with Gasteiger partial charge >= 0.3 is 214 Å². The van der Waals surface area contributed by atoms with E-state index in [0.717, 1.165) is 42.1 Å². The maximum absolute atomic E-state index is 13.7. The average molecular weight is 590 g/mol. The summed E-state index contributed by atoms with van der Waals surface area (Å²) in [7, 11) is 0. The SMILES string of the molecule is O=C1C2CC3CC1CC(C(=O)OI(OC(=O)C14CC5CC(C1)C(=O)C(C5)C4)c1ccccc1)(C3)C2. The summed E-state index contributed by atoms with van der Waals surface area (Å²) < 4.78 is 13.2. The van der Waals surface area contributed by atoms with E-state index in [1.807, 2.05) is 30.3 Å². The molecule has 4 unspecified atom stereocenters. The Morgan fingerprint density at radius 1 is 0.657 bits per heavy atom. The number of benzene rings is 1. The van der Waals surface area contributed by atoms with Crippen LogP contribution in [0.5, 0.6) is 0 Å². The molecule has 186 valence electrons. The van der Waals surface area contributed by atoms with Crippen molar-refractivity contribution < 1.29 is 25.3 Å². The molecule has 9 rings (SSSR count). The zero-order valence-corrected chi connectivity index (χ0v) is 21.9.